The fourth-order valence-corrected chi connectivity index (χ4v) is 2.09. The Balaban J connectivity index is 2.99. The van der Waals surface area contributed by atoms with Crippen LogP contribution in [0, 0.1) is 11.3 Å². The number of anilines is 2. The lowest BCUT2D eigenvalue weighted by Crippen LogP contribution is -2.36. The summed E-state index contributed by atoms with van der Waals surface area (Å²) in [5.74, 6) is 0. The van der Waals surface area contributed by atoms with Gasteiger partial charge in [0.05, 0.1) is 19.1 Å². The van der Waals surface area contributed by atoms with Gasteiger partial charge in [-0.1, -0.05) is 0 Å². The van der Waals surface area contributed by atoms with E-state index in [0.717, 1.165) is 17.8 Å². The molecule has 0 fully saturated rings. The summed E-state index contributed by atoms with van der Waals surface area (Å²) < 4.78 is 5.19. The van der Waals surface area contributed by atoms with Gasteiger partial charge in [0, 0.05) is 31.1 Å². The van der Waals surface area contributed by atoms with Crippen LogP contribution in [0.5, 0.6) is 0 Å². The third-order valence-corrected chi connectivity index (χ3v) is 3.01. The number of ether oxygens (including phenoxy) is 1. The fourth-order valence-electron chi connectivity index (χ4n) is 2.09. The van der Waals surface area contributed by atoms with Crippen molar-refractivity contribution < 1.29 is 4.74 Å². The zero-order chi connectivity index (χ0) is 13.5. The summed E-state index contributed by atoms with van der Waals surface area (Å²) in [7, 11) is 1.70. The van der Waals surface area contributed by atoms with Gasteiger partial charge in [-0.3, -0.25) is 0 Å². The second-order valence-corrected chi connectivity index (χ2v) is 4.31. The highest BCUT2D eigenvalue weighted by atomic mass is 16.5. The lowest BCUT2D eigenvalue weighted by atomic mass is 10.1. The molecule has 4 heteroatoms. The number of hydrogen-bond acceptors (Lipinski definition) is 4. The van der Waals surface area contributed by atoms with E-state index in [1.165, 1.54) is 0 Å². The molecule has 4 nitrogen and oxygen atoms in total. The Labute approximate surface area is 109 Å². The van der Waals surface area contributed by atoms with E-state index in [1.54, 1.807) is 7.11 Å². The van der Waals surface area contributed by atoms with Gasteiger partial charge in [0.25, 0.3) is 0 Å². The second kappa shape index (κ2) is 6.87. The number of nitrogens with zero attached hydrogens (tertiary/aromatic N) is 2. The van der Waals surface area contributed by atoms with E-state index in [-0.39, 0.29) is 0 Å². The van der Waals surface area contributed by atoms with Crippen LogP contribution in [-0.2, 0) is 11.2 Å². The minimum absolute atomic E-state index is 0.290. The third-order valence-electron chi connectivity index (χ3n) is 3.01. The molecule has 0 aromatic heterocycles. The molecule has 1 atom stereocenters. The Bertz CT molecular complexity index is 426. The first-order chi connectivity index (χ1) is 8.63. The van der Waals surface area contributed by atoms with Crippen LogP contribution >= 0.6 is 0 Å². The van der Waals surface area contributed by atoms with E-state index in [9.17, 15) is 0 Å². The fraction of sp³-hybridized carbons (Fsp3) is 0.500. The zero-order valence-electron chi connectivity index (χ0n) is 11.3. The van der Waals surface area contributed by atoms with Gasteiger partial charge in [0.15, 0.2) is 0 Å². The van der Waals surface area contributed by atoms with E-state index >= 15 is 0 Å². The topological polar surface area (TPSA) is 62.3 Å². The van der Waals surface area contributed by atoms with Crippen molar-refractivity contribution >= 4 is 11.4 Å². The Hall–Kier alpha value is -1.73. The lowest BCUT2D eigenvalue weighted by Gasteiger charge is -2.30. The molecule has 0 saturated heterocycles. The molecule has 0 aliphatic heterocycles. The van der Waals surface area contributed by atoms with Gasteiger partial charge >= 0.3 is 0 Å². The van der Waals surface area contributed by atoms with Crippen LogP contribution in [0.15, 0.2) is 18.2 Å². The molecule has 0 spiro atoms. The summed E-state index contributed by atoms with van der Waals surface area (Å²) in [4.78, 5) is 2.24. The Morgan fingerprint density at radius 3 is 2.78 bits per heavy atom. The molecule has 1 aromatic rings. The van der Waals surface area contributed by atoms with Crippen molar-refractivity contribution in [3.05, 3.63) is 23.8 Å². The van der Waals surface area contributed by atoms with Gasteiger partial charge in [-0.2, -0.15) is 5.26 Å². The molecule has 0 amide bonds. The predicted molar refractivity (Wildman–Crippen MR) is 74.5 cm³/mol. The second-order valence-electron chi connectivity index (χ2n) is 4.31. The molecule has 0 aliphatic carbocycles. The van der Waals surface area contributed by atoms with Crippen molar-refractivity contribution in [1.29, 1.82) is 5.26 Å². The summed E-state index contributed by atoms with van der Waals surface area (Å²) in [6, 6.07) is 8.28. The smallest absolute Gasteiger partial charge is 0.0670 e. The normalized spacial score (nSPS) is 11.9. The van der Waals surface area contributed by atoms with Gasteiger partial charge < -0.3 is 15.4 Å². The molecule has 0 heterocycles. The van der Waals surface area contributed by atoms with Crippen LogP contribution < -0.4 is 10.6 Å². The summed E-state index contributed by atoms with van der Waals surface area (Å²) in [5.41, 5.74) is 8.51. The van der Waals surface area contributed by atoms with E-state index in [0.29, 0.717) is 24.8 Å². The highest BCUT2D eigenvalue weighted by molar-refractivity contribution is 5.59. The predicted octanol–water partition coefficient (Wildman–Crippen LogP) is 2.20. The quantitative estimate of drug-likeness (QED) is 0.783. The summed E-state index contributed by atoms with van der Waals surface area (Å²) >= 11 is 0. The average molecular weight is 247 g/mol. The minimum Gasteiger partial charge on any atom is -0.398 e. The SMILES string of the molecule is CCN(c1ccc(N)c(CC#N)c1)C(C)COC. The summed E-state index contributed by atoms with van der Waals surface area (Å²) in [6.07, 6.45) is 0.343. The van der Waals surface area contributed by atoms with Gasteiger partial charge in [-0.25, -0.2) is 0 Å². The van der Waals surface area contributed by atoms with Crippen LogP contribution in [0.3, 0.4) is 0 Å². The monoisotopic (exact) mass is 247 g/mol. The number of hydrogen-bond donors (Lipinski definition) is 1. The summed E-state index contributed by atoms with van der Waals surface area (Å²) in [6.45, 7) is 5.78. The first kappa shape index (κ1) is 14.3. The maximum atomic E-state index is 8.79. The van der Waals surface area contributed by atoms with E-state index in [4.69, 9.17) is 15.7 Å². The minimum atomic E-state index is 0.290. The van der Waals surface area contributed by atoms with Gasteiger partial charge in [0.2, 0.25) is 0 Å². The number of rotatable bonds is 6. The molecule has 1 rings (SSSR count). The number of methoxy groups -OCH3 is 1. The standard InChI is InChI=1S/C14H21N3O/c1-4-17(11(2)10-18-3)13-5-6-14(16)12(9-13)7-8-15/h5-6,9,11H,4,7,10,16H2,1-3H3. The number of likely N-dealkylation sites (N-methyl/N-ethyl adjacent to an activating group) is 1. The molecule has 0 bridgehead atoms. The van der Waals surface area contributed by atoms with Crippen LogP contribution in [-0.4, -0.2) is 26.3 Å². The maximum absolute atomic E-state index is 8.79. The first-order valence-corrected chi connectivity index (χ1v) is 6.15. The molecule has 2 N–H and O–H groups in total. The van der Waals surface area contributed by atoms with E-state index in [2.05, 4.69) is 24.8 Å². The highest BCUT2D eigenvalue weighted by Gasteiger charge is 2.13. The molecule has 1 unspecified atom stereocenters. The van der Waals surface area contributed by atoms with Crippen molar-refractivity contribution in [2.75, 3.05) is 30.9 Å². The van der Waals surface area contributed by atoms with Crippen molar-refractivity contribution in [2.45, 2.75) is 26.3 Å². The average Bonchev–Trinajstić information content (AvgIpc) is 2.34. The number of nitrogen functional groups attached to an aromatic ring is 1. The van der Waals surface area contributed by atoms with Crippen molar-refractivity contribution in [3.63, 3.8) is 0 Å². The van der Waals surface area contributed by atoms with Crippen LogP contribution in [0.25, 0.3) is 0 Å². The van der Waals surface area contributed by atoms with Gasteiger partial charge in [0.1, 0.15) is 0 Å². The van der Waals surface area contributed by atoms with Gasteiger partial charge in [-0.15, -0.1) is 0 Å². The maximum Gasteiger partial charge on any atom is 0.0670 e. The Morgan fingerprint density at radius 1 is 1.50 bits per heavy atom. The Morgan fingerprint density at radius 2 is 2.22 bits per heavy atom. The zero-order valence-corrected chi connectivity index (χ0v) is 11.3. The molecule has 0 aliphatic rings. The van der Waals surface area contributed by atoms with Gasteiger partial charge in [-0.05, 0) is 37.6 Å². The van der Waals surface area contributed by atoms with Crippen molar-refractivity contribution in [3.8, 4) is 6.07 Å². The highest BCUT2D eigenvalue weighted by Crippen LogP contribution is 2.23. The molecule has 98 valence electrons. The molecule has 0 saturated carbocycles. The molecule has 1 aromatic carbocycles. The first-order valence-electron chi connectivity index (χ1n) is 6.15. The van der Waals surface area contributed by atoms with Crippen LogP contribution in [0.2, 0.25) is 0 Å². The molecular formula is C14H21N3O. The van der Waals surface area contributed by atoms with Crippen LogP contribution in [0.1, 0.15) is 19.4 Å². The third kappa shape index (κ3) is 3.38. The van der Waals surface area contributed by atoms with E-state index in [1.807, 2.05) is 18.2 Å². The van der Waals surface area contributed by atoms with E-state index < -0.39 is 0 Å². The Kier molecular flexibility index (Phi) is 5.47. The number of nitrogens with two attached hydrogens (primary N) is 1. The molecule has 0 radical (unpaired) electrons. The largest absolute Gasteiger partial charge is 0.398 e. The lowest BCUT2D eigenvalue weighted by molar-refractivity contribution is 0.182. The molecular weight excluding hydrogens is 226 g/mol. The number of benzene rings is 1. The summed E-state index contributed by atoms with van der Waals surface area (Å²) in [5, 5.41) is 8.79. The van der Waals surface area contributed by atoms with Crippen LogP contribution in [0.4, 0.5) is 11.4 Å². The van der Waals surface area contributed by atoms with Crippen molar-refractivity contribution in [1.82, 2.24) is 0 Å². The number of nitriles is 1. The van der Waals surface area contributed by atoms with Crippen molar-refractivity contribution in [2.24, 2.45) is 0 Å². The molecule has 18 heavy (non-hydrogen) atoms.